The molecule has 3 heterocycles. The first kappa shape index (κ1) is 21.5. The van der Waals surface area contributed by atoms with Crippen LogP contribution in [0.1, 0.15) is 51.2 Å². The average Bonchev–Trinajstić information content (AvgIpc) is 3.34. The third-order valence-electron chi connectivity index (χ3n) is 6.79. The Kier molecular flexibility index (Phi) is 6.22. The molecule has 6 nitrogen and oxygen atoms in total. The fourth-order valence-electron chi connectivity index (χ4n) is 4.91. The number of hydrogen-bond donors (Lipinski definition) is 0. The van der Waals surface area contributed by atoms with Crippen LogP contribution in [0.5, 0.6) is 0 Å². The van der Waals surface area contributed by atoms with Crippen LogP contribution in [0.25, 0.3) is 0 Å². The maximum absolute atomic E-state index is 12.9. The summed E-state index contributed by atoms with van der Waals surface area (Å²) in [6.45, 7) is 5.07. The maximum atomic E-state index is 12.9. The van der Waals surface area contributed by atoms with Crippen molar-refractivity contribution in [3.8, 4) is 0 Å². The Morgan fingerprint density at radius 2 is 1.75 bits per heavy atom. The number of ether oxygens (including phenoxy) is 1. The summed E-state index contributed by atoms with van der Waals surface area (Å²) in [5.74, 6) is -0.173. The zero-order valence-corrected chi connectivity index (χ0v) is 19.0. The first-order chi connectivity index (χ1) is 15.6. The van der Waals surface area contributed by atoms with Crippen molar-refractivity contribution in [2.45, 2.75) is 51.2 Å². The van der Waals surface area contributed by atoms with Gasteiger partial charge in [-0.05, 0) is 36.0 Å². The Balaban J connectivity index is 1.19. The molecule has 0 unspecified atom stereocenters. The molecule has 3 aliphatic rings. The minimum absolute atomic E-state index is 0.0104. The number of aryl methyl sites for hydroxylation is 2. The van der Waals surface area contributed by atoms with E-state index in [1.807, 2.05) is 5.38 Å². The molecule has 1 amide bonds. The van der Waals surface area contributed by atoms with Crippen molar-refractivity contribution in [1.29, 1.82) is 0 Å². The standard InChI is InChI=1S/C25H28N2O4S/c28-19-6-7-22(23(29)13-19)27-15-20-21(25(27)30)16-32-24(20)8-5-17-1-3-18(4-2-17)14-26-9-11-31-12-10-26/h1-4,16,22H,5-15H2/t22-/m0/s1. The Morgan fingerprint density at radius 1 is 1.00 bits per heavy atom. The van der Waals surface area contributed by atoms with Crippen molar-refractivity contribution in [2.75, 3.05) is 26.3 Å². The van der Waals surface area contributed by atoms with Gasteiger partial charge in [-0.15, -0.1) is 11.3 Å². The van der Waals surface area contributed by atoms with E-state index in [0.29, 0.717) is 19.4 Å². The van der Waals surface area contributed by atoms with Crippen LogP contribution in [0.3, 0.4) is 0 Å². The lowest BCUT2D eigenvalue weighted by Gasteiger charge is -2.29. The molecule has 1 aromatic carbocycles. The Morgan fingerprint density at radius 3 is 2.50 bits per heavy atom. The van der Waals surface area contributed by atoms with Crippen molar-refractivity contribution in [3.05, 3.63) is 56.8 Å². The molecule has 1 aliphatic carbocycles. The second-order valence-electron chi connectivity index (χ2n) is 8.93. The average molecular weight is 453 g/mol. The fourth-order valence-corrected chi connectivity index (χ4v) is 5.95. The van der Waals surface area contributed by atoms with Gasteiger partial charge in [0.05, 0.1) is 31.2 Å². The van der Waals surface area contributed by atoms with Crippen molar-refractivity contribution in [3.63, 3.8) is 0 Å². The first-order valence-corrected chi connectivity index (χ1v) is 12.3. The van der Waals surface area contributed by atoms with Crippen LogP contribution < -0.4 is 0 Å². The lowest BCUT2D eigenvalue weighted by atomic mass is 9.92. The molecule has 0 N–H and O–H groups in total. The summed E-state index contributed by atoms with van der Waals surface area (Å²) >= 11 is 1.65. The Labute approximate surface area is 192 Å². The van der Waals surface area contributed by atoms with Gasteiger partial charge in [-0.25, -0.2) is 0 Å². The summed E-state index contributed by atoms with van der Waals surface area (Å²) in [5.41, 5.74) is 4.44. The summed E-state index contributed by atoms with van der Waals surface area (Å²) in [6, 6.07) is 8.40. The highest BCUT2D eigenvalue weighted by Crippen LogP contribution is 2.35. The zero-order valence-electron chi connectivity index (χ0n) is 18.2. The van der Waals surface area contributed by atoms with E-state index in [1.165, 1.54) is 16.0 Å². The molecule has 5 rings (SSSR count). The minimum atomic E-state index is -0.440. The second kappa shape index (κ2) is 9.25. The summed E-state index contributed by atoms with van der Waals surface area (Å²) in [6.07, 6.45) is 2.64. The zero-order chi connectivity index (χ0) is 22.1. The van der Waals surface area contributed by atoms with E-state index in [9.17, 15) is 14.4 Å². The molecule has 168 valence electrons. The fraction of sp³-hybridized carbons (Fsp3) is 0.480. The minimum Gasteiger partial charge on any atom is -0.379 e. The van der Waals surface area contributed by atoms with Gasteiger partial charge in [0, 0.05) is 42.9 Å². The highest BCUT2D eigenvalue weighted by Gasteiger charge is 2.40. The molecule has 2 aromatic rings. The molecule has 32 heavy (non-hydrogen) atoms. The SMILES string of the molecule is O=C1CC[C@H](N2Cc3c(csc3CCc3ccc(CN4CCOCC4)cc3)C2=O)C(=O)C1. The highest BCUT2D eigenvalue weighted by molar-refractivity contribution is 7.10. The van der Waals surface area contributed by atoms with Gasteiger partial charge >= 0.3 is 0 Å². The number of carbonyl (C=O) groups is 3. The van der Waals surface area contributed by atoms with E-state index >= 15 is 0 Å². The molecular formula is C25H28N2O4S. The Hall–Kier alpha value is -2.35. The van der Waals surface area contributed by atoms with Crippen molar-refractivity contribution >= 4 is 28.8 Å². The van der Waals surface area contributed by atoms with Crippen LogP contribution >= 0.6 is 11.3 Å². The number of carbonyl (C=O) groups excluding carboxylic acids is 3. The van der Waals surface area contributed by atoms with E-state index < -0.39 is 6.04 Å². The molecule has 7 heteroatoms. The Bertz CT molecular complexity index is 1020. The number of Topliss-reactive ketones (excluding diaryl/α,β-unsaturated/α-hetero) is 2. The lowest BCUT2D eigenvalue weighted by molar-refractivity contribution is -0.133. The van der Waals surface area contributed by atoms with E-state index in [4.69, 9.17) is 4.74 Å². The van der Waals surface area contributed by atoms with Gasteiger partial charge in [0.25, 0.3) is 5.91 Å². The van der Waals surface area contributed by atoms with Crippen LogP contribution in [0, 0.1) is 0 Å². The van der Waals surface area contributed by atoms with Crippen LogP contribution in [-0.4, -0.2) is 59.6 Å². The normalized spacial score (nSPS) is 21.9. The molecule has 0 spiro atoms. The van der Waals surface area contributed by atoms with Crippen LogP contribution in [0.2, 0.25) is 0 Å². The summed E-state index contributed by atoms with van der Waals surface area (Å²) < 4.78 is 5.42. The van der Waals surface area contributed by atoms with E-state index in [1.54, 1.807) is 16.2 Å². The van der Waals surface area contributed by atoms with E-state index in [2.05, 4.69) is 29.2 Å². The van der Waals surface area contributed by atoms with Crippen molar-refractivity contribution in [1.82, 2.24) is 9.80 Å². The number of nitrogens with zero attached hydrogens (tertiary/aromatic N) is 2. The number of ketones is 2. The molecule has 1 saturated heterocycles. The number of fused-ring (bicyclic) bond motifs is 1. The van der Waals surface area contributed by atoms with Crippen molar-refractivity contribution in [2.24, 2.45) is 0 Å². The smallest absolute Gasteiger partial charge is 0.255 e. The van der Waals surface area contributed by atoms with E-state index in [-0.39, 0.29) is 23.9 Å². The van der Waals surface area contributed by atoms with E-state index in [0.717, 1.165) is 56.8 Å². The summed E-state index contributed by atoms with van der Waals surface area (Å²) in [4.78, 5) is 42.1. The molecule has 1 saturated carbocycles. The summed E-state index contributed by atoms with van der Waals surface area (Å²) in [5, 5.41) is 1.94. The lowest BCUT2D eigenvalue weighted by Crippen LogP contribution is -2.44. The van der Waals surface area contributed by atoms with Crippen LogP contribution in [-0.2, 0) is 40.3 Å². The monoisotopic (exact) mass is 452 g/mol. The summed E-state index contributed by atoms with van der Waals surface area (Å²) in [7, 11) is 0. The molecule has 0 bridgehead atoms. The largest absolute Gasteiger partial charge is 0.379 e. The number of rotatable bonds is 6. The van der Waals surface area contributed by atoms with Gasteiger partial charge in [0.2, 0.25) is 0 Å². The molecular weight excluding hydrogens is 424 g/mol. The third kappa shape index (κ3) is 4.42. The molecule has 0 radical (unpaired) electrons. The van der Waals surface area contributed by atoms with Gasteiger partial charge < -0.3 is 9.64 Å². The number of thiophene rings is 1. The maximum Gasteiger partial charge on any atom is 0.255 e. The topological polar surface area (TPSA) is 66.9 Å². The van der Waals surface area contributed by atoms with Crippen LogP contribution in [0.15, 0.2) is 29.6 Å². The highest BCUT2D eigenvalue weighted by atomic mass is 32.1. The van der Waals surface area contributed by atoms with Crippen LogP contribution in [0.4, 0.5) is 0 Å². The van der Waals surface area contributed by atoms with Crippen molar-refractivity contribution < 1.29 is 19.1 Å². The third-order valence-corrected chi connectivity index (χ3v) is 7.88. The predicted molar refractivity (Wildman–Crippen MR) is 122 cm³/mol. The van der Waals surface area contributed by atoms with Gasteiger partial charge in [-0.3, -0.25) is 19.3 Å². The quantitative estimate of drug-likeness (QED) is 0.631. The second-order valence-corrected chi connectivity index (χ2v) is 9.89. The molecule has 2 aliphatic heterocycles. The molecule has 1 aromatic heterocycles. The molecule has 1 atom stereocenters. The number of amides is 1. The van der Waals surface area contributed by atoms with Gasteiger partial charge in [-0.2, -0.15) is 0 Å². The number of morpholine rings is 1. The molecule has 2 fully saturated rings. The first-order valence-electron chi connectivity index (χ1n) is 11.4. The van der Waals surface area contributed by atoms with Gasteiger partial charge in [0.1, 0.15) is 5.78 Å². The predicted octanol–water partition coefficient (Wildman–Crippen LogP) is 3.01. The number of benzene rings is 1. The van der Waals surface area contributed by atoms with Gasteiger partial charge in [-0.1, -0.05) is 24.3 Å². The van der Waals surface area contributed by atoms with Gasteiger partial charge in [0.15, 0.2) is 5.78 Å². The number of hydrogen-bond acceptors (Lipinski definition) is 6.